The molecule has 0 bridgehead atoms. The minimum Gasteiger partial charge on any atom is -0.312 e. The Kier molecular flexibility index (Phi) is 6.14. The Labute approximate surface area is 196 Å². The summed E-state index contributed by atoms with van der Waals surface area (Å²) in [5.41, 5.74) is 0.117. The van der Waals surface area contributed by atoms with Crippen molar-refractivity contribution in [1.29, 1.82) is 0 Å². The summed E-state index contributed by atoms with van der Waals surface area (Å²) >= 11 is 11.8. The summed E-state index contributed by atoms with van der Waals surface area (Å²) in [6.07, 6.45) is -4.51. The van der Waals surface area contributed by atoms with E-state index in [0.29, 0.717) is 16.3 Å². The topological polar surface area (TPSA) is 59.0 Å². The Morgan fingerprint density at radius 2 is 1.76 bits per heavy atom. The number of hydrogen-bond donors (Lipinski definition) is 0. The second kappa shape index (κ2) is 8.88. The van der Waals surface area contributed by atoms with Gasteiger partial charge in [0.1, 0.15) is 0 Å². The largest absolute Gasteiger partial charge is 0.416 e. The third-order valence-corrected chi connectivity index (χ3v) is 5.41. The van der Waals surface area contributed by atoms with Crippen LogP contribution in [-0.4, -0.2) is 17.6 Å². The van der Waals surface area contributed by atoms with Crippen molar-refractivity contribution in [2.75, 3.05) is 4.90 Å². The van der Waals surface area contributed by atoms with E-state index in [-0.39, 0.29) is 28.4 Å². The first-order valence-electron chi connectivity index (χ1n) is 9.47. The molecule has 1 amide bonds. The van der Waals surface area contributed by atoms with Crippen LogP contribution < -0.4 is 4.90 Å². The third-order valence-electron chi connectivity index (χ3n) is 4.86. The third kappa shape index (κ3) is 4.72. The molecule has 10 heteroatoms. The first kappa shape index (κ1) is 22.8. The van der Waals surface area contributed by atoms with E-state index in [1.54, 1.807) is 24.3 Å². The van der Waals surface area contributed by atoms with Crippen LogP contribution in [0.5, 0.6) is 0 Å². The lowest BCUT2D eigenvalue weighted by Crippen LogP contribution is -2.30. The number of fused-ring (bicyclic) bond motifs is 1. The number of benzene rings is 3. The van der Waals surface area contributed by atoms with Crippen molar-refractivity contribution in [1.82, 2.24) is 0 Å². The summed E-state index contributed by atoms with van der Waals surface area (Å²) in [5.74, 6) is -1.52. The summed E-state index contributed by atoms with van der Waals surface area (Å²) in [4.78, 5) is 31.6. The van der Waals surface area contributed by atoms with Crippen LogP contribution in [0, 0.1) is 0 Å². The van der Waals surface area contributed by atoms with Gasteiger partial charge < -0.3 is 9.74 Å². The molecule has 0 atom stereocenters. The number of nitrogens with zero attached hydrogens (tertiary/aromatic N) is 2. The zero-order valence-electron chi connectivity index (χ0n) is 16.6. The molecule has 0 unspecified atom stereocenters. The summed E-state index contributed by atoms with van der Waals surface area (Å²) in [5, 5.41) is 4.12. The average Bonchev–Trinajstić information content (AvgIpc) is 3.03. The van der Waals surface area contributed by atoms with Crippen molar-refractivity contribution in [2.24, 2.45) is 5.16 Å². The van der Waals surface area contributed by atoms with Gasteiger partial charge in [-0.3, -0.25) is 4.79 Å². The quantitative estimate of drug-likeness (QED) is 0.325. The number of rotatable bonds is 4. The molecule has 0 spiro atoms. The molecule has 3 aromatic rings. The predicted molar refractivity (Wildman–Crippen MR) is 117 cm³/mol. The summed E-state index contributed by atoms with van der Waals surface area (Å²) in [6, 6.07) is 15.4. The molecule has 0 aromatic heterocycles. The molecule has 0 radical (unpaired) electrons. The van der Waals surface area contributed by atoms with E-state index in [1.165, 1.54) is 35.2 Å². The Morgan fingerprint density at radius 1 is 1.00 bits per heavy atom. The van der Waals surface area contributed by atoms with Crippen LogP contribution in [0.2, 0.25) is 10.0 Å². The Morgan fingerprint density at radius 3 is 2.48 bits per heavy atom. The fourth-order valence-corrected chi connectivity index (χ4v) is 3.81. The zero-order valence-corrected chi connectivity index (χ0v) is 18.1. The van der Waals surface area contributed by atoms with Gasteiger partial charge in [0.25, 0.3) is 5.91 Å². The molecular weight excluding hydrogens is 480 g/mol. The maximum absolute atomic E-state index is 13.1. The van der Waals surface area contributed by atoms with E-state index in [0.717, 1.165) is 12.1 Å². The molecule has 0 N–H and O–H groups in total. The summed E-state index contributed by atoms with van der Waals surface area (Å²) < 4.78 is 39.2. The number of para-hydroxylation sites is 1. The number of amides is 1. The van der Waals surface area contributed by atoms with Gasteiger partial charge in [-0.25, -0.2) is 4.79 Å². The van der Waals surface area contributed by atoms with Crippen molar-refractivity contribution in [2.45, 2.75) is 12.7 Å². The van der Waals surface area contributed by atoms with Gasteiger partial charge in [0.2, 0.25) is 0 Å². The van der Waals surface area contributed by atoms with Crippen molar-refractivity contribution in [3.63, 3.8) is 0 Å². The zero-order chi connectivity index (χ0) is 23.8. The van der Waals surface area contributed by atoms with Crippen LogP contribution in [0.3, 0.4) is 0 Å². The van der Waals surface area contributed by atoms with Crippen LogP contribution in [0.25, 0.3) is 0 Å². The van der Waals surface area contributed by atoms with E-state index >= 15 is 0 Å². The number of carbonyl (C=O) groups excluding carboxylic acids is 2. The summed E-state index contributed by atoms with van der Waals surface area (Å²) in [7, 11) is 0. The van der Waals surface area contributed by atoms with Crippen LogP contribution >= 0.6 is 23.2 Å². The first-order valence-corrected chi connectivity index (χ1v) is 10.2. The van der Waals surface area contributed by atoms with Gasteiger partial charge >= 0.3 is 12.1 Å². The molecule has 0 saturated heterocycles. The lowest BCUT2D eigenvalue weighted by Gasteiger charge is -2.17. The lowest BCUT2D eigenvalue weighted by atomic mass is 10.1. The van der Waals surface area contributed by atoms with E-state index < -0.39 is 23.6 Å². The van der Waals surface area contributed by atoms with E-state index in [1.807, 2.05) is 0 Å². The highest BCUT2D eigenvalue weighted by Gasteiger charge is 2.36. The van der Waals surface area contributed by atoms with E-state index in [9.17, 15) is 22.8 Å². The fourth-order valence-electron chi connectivity index (χ4n) is 3.33. The van der Waals surface area contributed by atoms with Gasteiger partial charge in [-0.15, -0.1) is 0 Å². The molecule has 0 aliphatic carbocycles. The van der Waals surface area contributed by atoms with E-state index in [2.05, 4.69) is 5.16 Å². The number of carbonyl (C=O) groups is 2. The van der Waals surface area contributed by atoms with Gasteiger partial charge in [-0.05, 0) is 42.0 Å². The van der Waals surface area contributed by atoms with Gasteiger partial charge in [-0.2, -0.15) is 13.2 Å². The summed E-state index contributed by atoms with van der Waals surface area (Å²) in [6.45, 7) is -0.129. The van der Waals surface area contributed by atoms with E-state index in [4.69, 9.17) is 28.0 Å². The number of hydrogen-bond acceptors (Lipinski definition) is 4. The highest BCUT2D eigenvalue weighted by atomic mass is 35.5. The van der Waals surface area contributed by atoms with Gasteiger partial charge in [0.15, 0.2) is 5.71 Å². The average molecular weight is 493 g/mol. The van der Waals surface area contributed by atoms with Gasteiger partial charge in [-0.1, -0.05) is 58.7 Å². The van der Waals surface area contributed by atoms with Crippen molar-refractivity contribution in [3.05, 3.63) is 99.0 Å². The molecule has 168 valence electrons. The molecule has 1 heterocycles. The highest BCUT2D eigenvalue weighted by molar-refractivity contribution is 6.54. The molecule has 3 aromatic carbocycles. The number of alkyl halides is 3. The van der Waals surface area contributed by atoms with Crippen LogP contribution in [0.15, 0.2) is 71.9 Å². The molecule has 33 heavy (non-hydrogen) atoms. The maximum atomic E-state index is 13.1. The molecule has 0 fully saturated rings. The molecular formula is C23H13Cl2F3N2O3. The Balaban J connectivity index is 1.61. The van der Waals surface area contributed by atoms with Gasteiger partial charge in [0, 0.05) is 10.6 Å². The predicted octanol–water partition coefficient (Wildman–Crippen LogP) is 6.12. The monoisotopic (exact) mass is 492 g/mol. The molecule has 1 aliphatic rings. The minimum absolute atomic E-state index is 0.00460. The first-order chi connectivity index (χ1) is 15.6. The van der Waals surface area contributed by atoms with Crippen molar-refractivity contribution in [3.8, 4) is 0 Å². The molecule has 0 saturated carbocycles. The van der Waals surface area contributed by atoms with Crippen LogP contribution in [-0.2, 0) is 22.4 Å². The van der Waals surface area contributed by atoms with Crippen LogP contribution in [0.1, 0.15) is 27.0 Å². The van der Waals surface area contributed by atoms with Crippen molar-refractivity contribution >= 4 is 46.5 Å². The second-order valence-electron chi connectivity index (χ2n) is 7.05. The standard InChI is InChI=1S/C23H13Cl2F3N2O3/c24-15-8-9-16(18(25)11-15)22(32)33-29-20-17-6-1-2-7-19(17)30(21(20)31)12-13-4-3-5-14(10-13)23(26,27)28/h1-11H,12H2/b29-20+. The van der Waals surface area contributed by atoms with Gasteiger partial charge in [0.05, 0.1) is 28.4 Å². The molecule has 4 rings (SSSR count). The van der Waals surface area contributed by atoms with Crippen molar-refractivity contribution < 1.29 is 27.6 Å². The second-order valence-corrected chi connectivity index (χ2v) is 7.89. The number of halogens is 5. The minimum atomic E-state index is -4.51. The number of anilines is 1. The molecule has 5 nitrogen and oxygen atoms in total. The smallest absolute Gasteiger partial charge is 0.312 e. The highest BCUT2D eigenvalue weighted by Crippen LogP contribution is 2.33. The SMILES string of the molecule is O=C(O/N=C1/C(=O)N(Cc2cccc(C(F)(F)F)c2)c2ccccc21)c1ccc(Cl)cc1Cl. The fraction of sp³-hybridized carbons (Fsp3) is 0.0870. The normalized spacial score (nSPS) is 14.5. The maximum Gasteiger partial charge on any atom is 0.416 e. The Hall–Kier alpha value is -3.36. The lowest BCUT2D eigenvalue weighted by molar-refractivity contribution is -0.137. The van der Waals surface area contributed by atoms with Crippen LogP contribution in [0.4, 0.5) is 18.9 Å². The Bertz CT molecular complexity index is 1290. The number of oxime groups is 1. The molecule has 1 aliphatic heterocycles.